The summed E-state index contributed by atoms with van der Waals surface area (Å²) in [5.41, 5.74) is -1.43. The van der Waals surface area contributed by atoms with Gasteiger partial charge in [0.2, 0.25) is 0 Å². The summed E-state index contributed by atoms with van der Waals surface area (Å²) in [6.45, 7) is 4.94. The van der Waals surface area contributed by atoms with Gasteiger partial charge in [-0.15, -0.1) is 0 Å². The summed E-state index contributed by atoms with van der Waals surface area (Å²) < 4.78 is 23.3. The lowest BCUT2D eigenvalue weighted by Crippen LogP contribution is -2.38. The summed E-state index contributed by atoms with van der Waals surface area (Å²) in [6.07, 6.45) is 0.667. The SMILES string of the molecule is CCCOC(=O)C(C)(C)C(=O)Oc1ccc(F)cc1Br. The minimum absolute atomic E-state index is 0.146. The van der Waals surface area contributed by atoms with E-state index in [0.717, 1.165) is 6.07 Å². The van der Waals surface area contributed by atoms with Gasteiger partial charge in [-0.25, -0.2) is 4.39 Å². The average Bonchev–Trinajstić information content (AvgIpc) is 2.38. The van der Waals surface area contributed by atoms with Crippen LogP contribution in [-0.2, 0) is 14.3 Å². The molecule has 0 aromatic heterocycles. The van der Waals surface area contributed by atoms with Gasteiger partial charge in [0, 0.05) is 0 Å². The Morgan fingerprint density at radius 2 is 1.95 bits per heavy atom. The minimum atomic E-state index is -1.43. The highest BCUT2D eigenvalue weighted by Gasteiger charge is 2.40. The van der Waals surface area contributed by atoms with Gasteiger partial charge in [0.05, 0.1) is 11.1 Å². The Labute approximate surface area is 125 Å². The normalized spacial score (nSPS) is 11.1. The Balaban J connectivity index is 2.81. The van der Waals surface area contributed by atoms with Gasteiger partial charge in [0.1, 0.15) is 11.6 Å². The van der Waals surface area contributed by atoms with Crippen molar-refractivity contribution >= 4 is 27.9 Å². The molecule has 0 atom stereocenters. The fourth-order valence-electron chi connectivity index (χ4n) is 1.24. The molecular formula is C14H16BrFO4. The minimum Gasteiger partial charge on any atom is -0.465 e. The fourth-order valence-corrected chi connectivity index (χ4v) is 1.68. The zero-order valence-electron chi connectivity index (χ0n) is 11.5. The van der Waals surface area contributed by atoms with Crippen molar-refractivity contribution in [1.29, 1.82) is 0 Å². The number of benzene rings is 1. The van der Waals surface area contributed by atoms with Crippen molar-refractivity contribution < 1.29 is 23.5 Å². The van der Waals surface area contributed by atoms with E-state index in [1.54, 1.807) is 0 Å². The topological polar surface area (TPSA) is 52.6 Å². The molecule has 110 valence electrons. The molecule has 0 fully saturated rings. The van der Waals surface area contributed by atoms with Crippen molar-refractivity contribution in [2.75, 3.05) is 6.61 Å². The molecule has 1 aromatic rings. The van der Waals surface area contributed by atoms with Crippen LogP contribution in [0.5, 0.6) is 5.75 Å². The fraction of sp³-hybridized carbons (Fsp3) is 0.429. The summed E-state index contributed by atoms with van der Waals surface area (Å²) in [5.74, 6) is -1.72. The largest absolute Gasteiger partial charge is 0.465 e. The molecule has 0 unspecified atom stereocenters. The third-order valence-electron chi connectivity index (χ3n) is 2.55. The van der Waals surface area contributed by atoms with Crippen LogP contribution in [-0.4, -0.2) is 18.5 Å². The van der Waals surface area contributed by atoms with Crippen molar-refractivity contribution in [3.05, 3.63) is 28.5 Å². The quantitative estimate of drug-likeness (QED) is 0.465. The van der Waals surface area contributed by atoms with Gasteiger partial charge in [-0.1, -0.05) is 6.92 Å². The first-order chi connectivity index (χ1) is 9.28. The molecule has 1 aromatic carbocycles. The predicted octanol–water partition coefficient (Wildman–Crippen LogP) is 3.47. The Bertz CT molecular complexity index is 514. The van der Waals surface area contributed by atoms with Crippen LogP contribution >= 0.6 is 15.9 Å². The second-order valence-corrected chi connectivity index (χ2v) is 5.58. The van der Waals surface area contributed by atoms with E-state index in [1.165, 1.54) is 26.0 Å². The average molecular weight is 347 g/mol. The Morgan fingerprint density at radius 3 is 2.50 bits per heavy atom. The van der Waals surface area contributed by atoms with E-state index >= 15 is 0 Å². The van der Waals surface area contributed by atoms with Gasteiger partial charge in [-0.05, 0) is 54.4 Å². The Morgan fingerprint density at radius 1 is 1.30 bits per heavy atom. The monoisotopic (exact) mass is 346 g/mol. The zero-order chi connectivity index (χ0) is 15.3. The smallest absolute Gasteiger partial charge is 0.328 e. The summed E-state index contributed by atoms with van der Waals surface area (Å²) in [6, 6.07) is 3.64. The zero-order valence-corrected chi connectivity index (χ0v) is 13.1. The van der Waals surface area contributed by atoms with Crippen molar-refractivity contribution in [3.8, 4) is 5.75 Å². The van der Waals surface area contributed by atoms with E-state index in [1.807, 2.05) is 6.92 Å². The third-order valence-corrected chi connectivity index (χ3v) is 3.17. The number of hydrogen-bond donors (Lipinski definition) is 0. The first-order valence-corrected chi connectivity index (χ1v) is 6.93. The van der Waals surface area contributed by atoms with Gasteiger partial charge in [0.15, 0.2) is 5.41 Å². The maximum absolute atomic E-state index is 12.9. The maximum atomic E-state index is 12.9. The van der Waals surface area contributed by atoms with Gasteiger partial charge in [0.25, 0.3) is 0 Å². The molecule has 0 heterocycles. The molecule has 0 spiro atoms. The molecule has 20 heavy (non-hydrogen) atoms. The molecule has 0 aliphatic carbocycles. The molecule has 0 radical (unpaired) electrons. The van der Waals surface area contributed by atoms with Crippen LogP contribution in [0.4, 0.5) is 4.39 Å². The molecule has 0 aliphatic rings. The number of carbonyl (C=O) groups is 2. The van der Waals surface area contributed by atoms with Crippen LogP contribution in [0.3, 0.4) is 0 Å². The van der Waals surface area contributed by atoms with Crippen LogP contribution in [0.25, 0.3) is 0 Å². The predicted molar refractivity (Wildman–Crippen MR) is 74.8 cm³/mol. The van der Waals surface area contributed by atoms with Crippen molar-refractivity contribution in [2.45, 2.75) is 27.2 Å². The second kappa shape index (κ2) is 6.83. The molecule has 0 N–H and O–H groups in total. The molecule has 0 amide bonds. The standard InChI is InChI=1S/C14H16BrFO4/c1-4-7-19-12(17)14(2,3)13(18)20-11-6-5-9(16)8-10(11)15/h5-6,8H,4,7H2,1-3H3. The summed E-state index contributed by atoms with van der Waals surface area (Å²) in [4.78, 5) is 23.8. The van der Waals surface area contributed by atoms with E-state index in [9.17, 15) is 14.0 Å². The molecule has 0 bridgehead atoms. The van der Waals surface area contributed by atoms with E-state index < -0.39 is 23.2 Å². The molecule has 4 nitrogen and oxygen atoms in total. The van der Waals surface area contributed by atoms with Gasteiger partial charge < -0.3 is 9.47 Å². The first kappa shape index (κ1) is 16.6. The molecule has 0 aliphatic heterocycles. The van der Waals surface area contributed by atoms with Crippen LogP contribution in [0.1, 0.15) is 27.2 Å². The number of carbonyl (C=O) groups excluding carboxylic acids is 2. The summed E-state index contributed by atoms with van der Waals surface area (Å²) in [5, 5.41) is 0. The number of esters is 2. The Hall–Kier alpha value is -1.43. The first-order valence-electron chi connectivity index (χ1n) is 6.13. The van der Waals surface area contributed by atoms with Crippen LogP contribution in [0, 0.1) is 11.2 Å². The van der Waals surface area contributed by atoms with E-state index in [4.69, 9.17) is 9.47 Å². The van der Waals surface area contributed by atoms with E-state index in [-0.39, 0.29) is 12.4 Å². The summed E-state index contributed by atoms with van der Waals surface area (Å²) in [7, 11) is 0. The second-order valence-electron chi connectivity index (χ2n) is 4.73. The Kier molecular flexibility index (Phi) is 5.68. The number of hydrogen-bond acceptors (Lipinski definition) is 4. The maximum Gasteiger partial charge on any atom is 0.328 e. The molecular weight excluding hydrogens is 331 g/mol. The molecule has 0 saturated carbocycles. The van der Waals surface area contributed by atoms with Gasteiger partial charge in [-0.3, -0.25) is 9.59 Å². The number of rotatable bonds is 5. The summed E-state index contributed by atoms with van der Waals surface area (Å²) >= 11 is 3.09. The third kappa shape index (κ3) is 4.03. The molecule has 6 heteroatoms. The lowest BCUT2D eigenvalue weighted by atomic mass is 9.94. The highest BCUT2D eigenvalue weighted by molar-refractivity contribution is 9.10. The number of halogens is 2. The lowest BCUT2D eigenvalue weighted by Gasteiger charge is -2.20. The van der Waals surface area contributed by atoms with Crippen molar-refractivity contribution in [1.82, 2.24) is 0 Å². The van der Waals surface area contributed by atoms with Crippen LogP contribution < -0.4 is 4.74 Å². The van der Waals surface area contributed by atoms with Crippen molar-refractivity contribution in [2.24, 2.45) is 5.41 Å². The number of ether oxygens (including phenoxy) is 2. The van der Waals surface area contributed by atoms with Gasteiger partial charge in [-0.2, -0.15) is 0 Å². The molecule has 1 rings (SSSR count). The lowest BCUT2D eigenvalue weighted by molar-refractivity contribution is -0.164. The van der Waals surface area contributed by atoms with E-state index in [0.29, 0.717) is 10.9 Å². The van der Waals surface area contributed by atoms with Gasteiger partial charge >= 0.3 is 11.9 Å². The molecule has 0 saturated heterocycles. The van der Waals surface area contributed by atoms with Crippen molar-refractivity contribution in [3.63, 3.8) is 0 Å². The highest BCUT2D eigenvalue weighted by atomic mass is 79.9. The van der Waals surface area contributed by atoms with Crippen LogP contribution in [0.2, 0.25) is 0 Å². The highest BCUT2D eigenvalue weighted by Crippen LogP contribution is 2.28. The van der Waals surface area contributed by atoms with Crippen LogP contribution in [0.15, 0.2) is 22.7 Å². The van der Waals surface area contributed by atoms with E-state index in [2.05, 4.69) is 15.9 Å².